The topological polar surface area (TPSA) is 52.7 Å². The van der Waals surface area contributed by atoms with Crippen molar-refractivity contribution >= 4 is 15.9 Å². The smallest absolute Gasteiger partial charge is 0.279 e. The molecule has 1 unspecified atom stereocenters. The summed E-state index contributed by atoms with van der Waals surface area (Å²) in [7, 11) is -3.39. The van der Waals surface area contributed by atoms with Gasteiger partial charge in [-0.1, -0.05) is 25.1 Å². The number of hydrogen-bond donors (Lipinski definition) is 1. The number of rotatable bonds is 5. The van der Waals surface area contributed by atoms with E-state index in [1.807, 2.05) is 18.2 Å². The third-order valence-electron chi connectivity index (χ3n) is 4.84. The molecule has 0 saturated carbocycles. The predicted octanol–water partition coefficient (Wildman–Crippen LogP) is 2.35. The molecule has 2 fully saturated rings. The zero-order chi connectivity index (χ0) is 16.3. The first-order chi connectivity index (χ1) is 11.1. The van der Waals surface area contributed by atoms with E-state index in [-0.39, 0.29) is 0 Å². The van der Waals surface area contributed by atoms with Gasteiger partial charge >= 0.3 is 0 Å². The van der Waals surface area contributed by atoms with Crippen LogP contribution in [0.4, 0.5) is 5.69 Å². The molecule has 1 aromatic rings. The molecule has 2 saturated heterocycles. The van der Waals surface area contributed by atoms with Crippen molar-refractivity contribution in [2.75, 3.05) is 31.1 Å². The number of benzene rings is 1. The number of anilines is 1. The Hall–Kier alpha value is -1.11. The first-order valence-electron chi connectivity index (χ1n) is 8.64. The van der Waals surface area contributed by atoms with Gasteiger partial charge in [0.15, 0.2) is 0 Å². The summed E-state index contributed by atoms with van der Waals surface area (Å²) in [5, 5.41) is 0. The Kier molecular flexibility index (Phi) is 5.24. The number of nitrogens with one attached hydrogen (secondary N) is 1. The standard InChI is InChI=1S/C17H27N3O2S/c1-15-7-6-12-20(14-15)23(21,22)18-13-16-8-2-3-9-17(16)19-10-4-5-11-19/h2-3,8-9,15,18H,4-7,10-14H2,1H3. The molecular weight excluding hydrogens is 310 g/mol. The van der Waals surface area contributed by atoms with Gasteiger partial charge in [0.25, 0.3) is 10.2 Å². The fraction of sp³-hybridized carbons (Fsp3) is 0.647. The summed E-state index contributed by atoms with van der Waals surface area (Å²) >= 11 is 0. The minimum absolute atomic E-state index is 0.361. The van der Waals surface area contributed by atoms with Crippen molar-refractivity contribution in [1.29, 1.82) is 0 Å². The quantitative estimate of drug-likeness (QED) is 0.897. The van der Waals surface area contributed by atoms with Crippen LogP contribution in [-0.2, 0) is 16.8 Å². The average Bonchev–Trinajstić information content (AvgIpc) is 3.08. The van der Waals surface area contributed by atoms with Crippen molar-refractivity contribution in [1.82, 2.24) is 9.03 Å². The molecule has 1 N–H and O–H groups in total. The molecule has 2 heterocycles. The van der Waals surface area contributed by atoms with Gasteiger partial charge in [-0.3, -0.25) is 0 Å². The molecule has 0 radical (unpaired) electrons. The van der Waals surface area contributed by atoms with Crippen molar-refractivity contribution in [3.63, 3.8) is 0 Å². The number of para-hydroxylation sites is 1. The van der Waals surface area contributed by atoms with Crippen LogP contribution >= 0.6 is 0 Å². The van der Waals surface area contributed by atoms with Crippen molar-refractivity contribution in [3.8, 4) is 0 Å². The molecular formula is C17H27N3O2S. The van der Waals surface area contributed by atoms with E-state index in [0.717, 1.165) is 31.5 Å². The Labute approximate surface area is 139 Å². The van der Waals surface area contributed by atoms with Crippen LogP contribution in [0.2, 0.25) is 0 Å². The van der Waals surface area contributed by atoms with Crippen molar-refractivity contribution in [2.24, 2.45) is 5.92 Å². The molecule has 1 atom stereocenters. The predicted molar refractivity (Wildman–Crippen MR) is 93.6 cm³/mol. The second kappa shape index (κ2) is 7.20. The second-order valence-electron chi connectivity index (χ2n) is 6.75. The van der Waals surface area contributed by atoms with Crippen molar-refractivity contribution < 1.29 is 8.42 Å². The van der Waals surface area contributed by atoms with Gasteiger partial charge in [0.1, 0.15) is 0 Å². The molecule has 0 bridgehead atoms. The molecule has 5 nitrogen and oxygen atoms in total. The van der Waals surface area contributed by atoms with Gasteiger partial charge in [-0.15, -0.1) is 0 Å². The van der Waals surface area contributed by atoms with Crippen molar-refractivity contribution in [3.05, 3.63) is 29.8 Å². The van der Waals surface area contributed by atoms with Crippen molar-refractivity contribution in [2.45, 2.75) is 39.2 Å². The third kappa shape index (κ3) is 4.05. The first-order valence-corrected chi connectivity index (χ1v) is 10.1. The number of hydrogen-bond acceptors (Lipinski definition) is 3. The normalized spacial score (nSPS) is 23.3. The lowest BCUT2D eigenvalue weighted by molar-refractivity contribution is 0.278. The van der Waals surface area contributed by atoms with Crippen LogP contribution in [0.25, 0.3) is 0 Å². The summed E-state index contributed by atoms with van der Waals surface area (Å²) in [5.41, 5.74) is 2.22. The zero-order valence-corrected chi connectivity index (χ0v) is 14.7. The molecule has 0 amide bonds. The lowest BCUT2D eigenvalue weighted by Gasteiger charge is -2.30. The summed E-state index contributed by atoms with van der Waals surface area (Å²) in [6, 6.07) is 8.12. The molecule has 0 spiro atoms. The van der Waals surface area contributed by atoms with Crippen LogP contribution in [0.5, 0.6) is 0 Å². The van der Waals surface area contributed by atoms with E-state index in [2.05, 4.69) is 22.6 Å². The SMILES string of the molecule is CC1CCCN(S(=O)(=O)NCc2ccccc2N2CCCC2)C1. The maximum atomic E-state index is 12.5. The highest BCUT2D eigenvalue weighted by Crippen LogP contribution is 2.25. The largest absolute Gasteiger partial charge is 0.371 e. The summed E-state index contributed by atoms with van der Waals surface area (Å²) in [6.45, 7) is 5.86. The van der Waals surface area contributed by atoms with Gasteiger partial charge in [-0.25, -0.2) is 0 Å². The zero-order valence-electron chi connectivity index (χ0n) is 13.9. The summed E-state index contributed by atoms with van der Waals surface area (Å²) in [5.74, 6) is 0.442. The average molecular weight is 337 g/mol. The molecule has 1 aromatic carbocycles. The Morgan fingerprint density at radius 3 is 2.61 bits per heavy atom. The lowest BCUT2D eigenvalue weighted by atomic mass is 10.0. The Bertz CT molecular complexity index is 626. The third-order valence-corrected chi connectivity index (χ3v) is 6.36. The van der Waals surface area contributed by atoms with E-state index in [1.54, 1.807) is 4.31 Å². The van der Waals surface area contributed by atoms with Crippen LogP contribution in [0.1, 0.15) is 38.2 Å². The van der Waals surface area contributed by atoms with E-state index >= 15 is 0 Å². The molecule has 128 valence electrons. The van der Waals surface area contributed by atoms with Gasteiger partial charge < -0.3 is 4.90 Å². The Balaban J connectivity index is 1.68. The fourth-order valence-corrected chi connectivity index (χ4v) is 4.89. The summed E-state index contributed by atoms with van der Waals surface area (Å²) in [4.78, 5) is 2.35. The van der Waals surface area contributed by atoms with Gasteiger partial charge in [-0.05, 0) is 43.2 Å². The molecule has 2 aliphatic rings. The Morgan fingerprint density at radius 1 is 1.13 bits per heavy atom. The molecule has 3 rings (SSSR count). The fourth-order valence-electron chi connectivity index (χ4n) is 3.55. The highest BCUT2D eigenvalue weighted by molar-refractivity contribution is 7.87. The molecule has 0 aliphatic carbocycles. The summed E-state index contributed by atoms with van der Waals surface area (Å²) < 4.78 is 29.5. The highest BCUT2D eigenvalue weighted by Gasteiger charge is 2.27. The van der Waals surface area contributed by atoms with Crippen LogP contribution in [0, 0.1) is 5.92 Å². The van der Waals surface area contributed by atoms with E-state index < -0.39 is 10.2 Å². The summed E-state index contributed by atoms with van der Waals surface area (Å²) in [6.07, 6.45) is 4.49. The van der Waals surface area contributed by atoms with Crippen LogP contribution < -0.4 is 9.62 Å². The van der Waals surface area contributed by atoms with Gasteiger partial charge in [0.05, 0.1) is 0 Å². The van der Waals surface area contributed by atoms with E-state index in [1.165, 1.54) is 18.5 Å². The molecule has 6 heteroatoms. The van der Waals surface area contributed by atoms with Gasteiger partial charge in [0, 0.05) is 38.4 Å². The molecule has 0 aromatic heterocycles. The lowest BCUT2D eigenvalue weighted by Crippen LogP contribution is -2.45. The van der Waals surface area contributed by atoms with Gasteiger partial charge in [0.2, 0.25) is 0 Å². The van der Waals surface area contributed by atoms with Crippen LogP contribution in [-0.4, -0.2) is 38.9 Å². The maximum Gasteiger partial charge on any atom is 0.279 e. The maximum absolute atomic E-state index is 12.5. The van der Waals surface area contributed by atoms with Gasteiger partial charge in [-0.2, -0.15) is 17.4 Å². The number of nitrogens with zero attached hydrogens (tertiary/aromatic N) is 2. The number of piperidine rings is 1. The second-order valence-corrected chi connectivity index (χ2v) is 8.51. The highest BCUT2D eigenvalue weighted by atomic mass is 32.2. The van der Waals surface area contributed by atoms with E-state index in [9.17, 15) is 8.42 Å². The monoisotopic (exact) mass is 337 g/mol. The molecule has 23 heavy (non-hydrogen) atoms. The van der Waals surface area contributed by atoms with E-state index in [0.29, 0.717) is 25.6 Å². The Morgan fingerprint density at radius 2 is 1.87 bits per heavy atom. The first kappa shape index (κ1) is 16.7. The molecule has 2 aliphatic heterocycles. The van der Waals surface area contributed by atoms with Crippen LogP contribution in [0.15, 0.2) is 24.3 Å². The minimum atomic E-state index is -3.39. The van der Waals surface area contributed by atoms with E-state index in [4.69, 9.17) is 0 Å². The minimum Gasteiger partial charge on any atom is -0.371 e. The van der Waals surface area contributed by atoms with Crippen LogP contribution in [0.3, 0.4) is 0 Å².